The highest BCUT2D eigenvalue weighted by atomic mass is 19.1. The van der Waals surface area contributed by atoms with Crippen LogP contribution >= 0.6 is 0 Å². The molecule has 1 aliphatic carbocycles. The number of ether oxygens (including phenoxy) is 1. The Morgan fingerprint density at radius 3 is 2.23 bits per heavy atom. The molecule has 0 heterocycles. The first-order valence-electron chi connectivity index (χ1n) is 11.4. The smallest absolute Gasteiger partial charge is 0.134 e. The summed E-state index contributed by atoms with van der Waals surface area (Å²) in [6.45, 7) is 5.49. The van der Waals surface area contributed by atoms with Crippen molar-refractivity contribution in [3.63, 3.8) is 0 Å². The summed E-state index contributed by atoms with van der Waals surface area (Å²) < 4.78 is 35.5. The summed E-state index contributed by atoms with van der Waals surface area (Å²) in [5, 5.41) is 0. The second-order valence-electron chi connectivity index (χ2n) is 8.45. The van der Waals surface area contributed by atoms with Crippen LogP contribution in [0.5, 0.6) is 0 Å². The van der Waals surface area contributed by atoms with E-state index in [1.165, 1.54) is 12.8 Å². The Kier molecular flexibility index (Phi) is 8.62. The van der Waals surface area contributed by atoms with Crippen LogP contribution in [-0.2, 0) is 11.3 Å². The van der Waals surface area contributed by atoms with Crippen LogP contribution in [0.3, 0.4) is 0 Å². The van der Waals surface area contributed by atoms with Gasteiger partial charge in [-0.2, -0.15) is 0 Å². The van der Waals surface area contributed by atoms with Crippen molar-refractivity contribution in [2.45, 2.75) is 71.3 Å². The quantitative estimate of drug-likeness (QED) is 0.298. The van der Waals surface area contributed by atoms with Crippen LogP contribution in [0, 0.1) is 17.6 Å². The van der Waals surface area contributed by atoms with Crippen LogP contribution in [-0.4, -0.2) is 6.61 Å². The molecule has 162 valence electrons. The zero-order valence-electron chi connectivity index (χ0n) is 18.3. The van der Waals surface area contributed by atoms with Gasteiger partial charge in [-0.15, -0.1) is 0 Å². The Morgan fingerprint density at radius 1 is 0.967 bits per heavy atom. The lowest BCUT2D eigenvalue weighted by Gasteiger charge is -2.27. The van der Waals surface area contributed by atoms with Crippen molar-refractivity contribution < 1.29 is 13.5 Å². The van der Waals surface area contributed by atoms with E-state index in [4.69, 9.17) is 4.74 Å². The minimum Gasteiger partial charge on any atom is -0.377 e. The molecule has 1 aliphatic rings. The molecule has 3 heteroatoms. The van der Waals surface area contributed by atoms with E-state index in [2.05, 4.69) is 19.1 Å². The van der Waals surface area contributed by atoms with Crippen LogP contribution in [0.2, 0.25) is 0 Å². The molecule has 0 spiro atoms. The van der Waals surface area contributed by atoms with Crippen LogP contribution in [0.25, 0.3) is 11.1 Å². The fourth-order valence-corrected chi connectivity index (χ4v) is 4.43. The van der Waals surface area contributed by atoms with Gasteiger partial charge in [0.05, 0.1) is 12.2 Å². The van der Waals surface area contributed by atoms with Gasteiger partial charge in [-0.3, -0.25) is 0 Å². The SMILES string of the molecule is C/C=C/C1CCC(c2cc(F)c(-c3ccc(COCCCCC)cc3)c(F)c2)CC1. The highest BCUT2D eigenvalue weighted by molar-refractivity contribution is 5.65. The van der Waals surface area contributed by atoms with E-state index in [1.54, 1.807) is 24.3 Å². The number of halogens is 2. The molecule has 0 bridgehead atoms. The monoisotopic (exact) mass is 412 g/mol. The number of hydrogen-bond acceptors (Lipinski definition) is 1. The number of rotatable bonds is 9. The first-order valence-corrected chi connectivity index (χ1v) is 11.4. The lowest BCUT2D eigenvalue weighted by molar-refractivity contribution is 0.117. The van der Waals surface area contributed by atoms with Crippen LogP contribution in [0.15, 0.2) is 48.6 Å². The number of allylic oxidation sites excluding steroid dienone is 2. The predicted octanol–water partition coefficient (Wildman–Crippen LogP) is 8.19. The Labute approximate surface area is 180 Å². The lowest BCUT2D eigenvalue weighted by atomic mass is 9.78. The van der Waals surface area contributed by atoms with Crippen molar-refractivity contribution in [1.29, 1.82) is 0 Å². The highest BCUT2D eigenvalue weighted by Crippen LogP contribution is 2.38. The normalized spacial score (nSPS) is 19.5. The summed E-state index contributed by atoms with van der Waals surface area (Å²) >= 11 is 0. The molecule has 1 fully saturated rings. The highest BCUT2D eigenvalue weighted by Gasteiger charge is 2.23. The molecule has 2 aromatic carbocycles. The average molecular weight is 413 g/mol. The summed E-state index contributed by atoms with van der Waals surface area (Å²) in [5.74, 6) is -0.0839. The molecule has 30 heavy (non-hydrogen) atoms. The molecule has 0 atom stereocenters. The molecule has 3 rings (SSSR count). The fraction of sp³-hybridized carbons (Fsp3) is 0.481. The molecule has 0 radical (unpaired) electrons. The van der Waals surface area contributed by atoms with Crippen molar-refractivity contribution in [2.24, 2.45) is 5.92 Å². The minimum absolute atomic E-state index is 0.0665. The molecule has 0 amide bonds. The fourth-order valence-electron chi connectivity index (χ4n) is 4.43. The summed E-state index contributed by atoms with van der Waals surface area (Å²) in [6, 6.07) is 10.4. The molecule has 0 unspecified atom stereocenters. The number of benzene rings is 2. The van der Waals surface area contributed by atoms with Gasteiger partial charge >= 0.3 is 0 Å². The van der Waals surface area contributed by atoms with E-state index in [0.717, 1.165) is 49.8 Å². The second-order valence-corrected chi connectivity index (χ2v) is 8.45. The second kappa shape index (κ2) is 11.4. The topological polar surface area (TPSA) is 9.23 Å². The Bertz CT molecular complexity index is 794. The first kappa shape index (κ1) is 22.7. The van der Waals surface area contributed by atoms with Gasteiger partial charge in [0.15, 0.2) is 0 Å². The van der Waals surface area contributed by atoms with Crippen molar-refractivity contribution in [3.05, 3.63) is 71.3 Å². The lowest BCUT2D eigenvalue weighted by Crippen LogP contribution is -2.12. The van der Waals surface area contributed by atoms with Gasteiger partial charge in [0.2, 0.25) is 0 Å². The van der Waals surface area contributed by atoms with Crippen molar-refractivity contribution in [2.75, 3.05) is 6.61 Å². The van der Waals surface area contributed by atoms with Crippen molar-refractivity contribution in [1.82, 2.24) is 0 Å². The molecule has 0 N–H and O–H groups in total. The molecular formula is C27H34F2O. The number of unbranched alkanes of at least 4 members (excludes halogenated alkanes) is 2. The molecular weight excluding hydrogens is 378 g/mol. The summed E-state index contributed by atoms with van der Waals surface area (Å²) in [5.41, 5.74) is 2.45. The van der Waals surface area contributed by atoms with Crippen molar-refractivity contribution >= 4 is 0 Å². The van der Waals surface area contributed by atoms with Gasteiger partial charge in [-0.05, 0) is 79.7 Å². The first-order chi connectivity index (χ1) is 14.6. The maximum Gasteiger partial charge on any atom is 0.134 e. The Balaban J connectivity index is 1.65. The van der Waals surface area contributed by atoms with Gasteiger partial charge in [0.25, 0.3) is 0 Å². The van der Waals surface area contributed by atoms with E-state index in [1.807, 2.05) is 19.1 Å². The largest absolute Gasteiger partial charge is 0.377 e. The van der Waals surface area contributed by atoms with Crippen LogP contribution in [0.1, 0.15) is 75.8 Å². The number of hydrogen-bond donors (Lipinski definition) is 0. The third-order valence-electron chi connectivity index (χ3n) is 6.18. The third-order valence-corrected chi connectivity index (χ3v) is 6.18. The maximum absolute atomic E-state index is 14.9. The van der Waals surface area contributed by atoms with E-state index >= 15 is 0 Å². The van der Waals surface area contributed by atoms with E-state index in [-0.39, 0.29) is 11.5 Å². The van der Waals surface area contributed by atoms with E-state index in [0.29, 0.717) is 18.1 Å². The van der Waals surface area contributed by atoms with Crippen LogP contribution < -0.4 is 0 Å². The van der Waals surface area contributed by atoms with Gasteiger partial charge in [0.1, 0.15) is 11.6 Å². The molecule has 2 aromatic rings. The van der Waals surface area contributed by atoms with Gasteiger partial charge in [-0.25, -0.2) is 8.78 Å². The standard InChI is InChI=1S/C27H34F2O/c1-3-5-6-16-30-19-21-10-14-23(15-11-21)27-25(28)17-24(18-26(27)29)22-12-8-20(7-4-2)9-13-22/h4,7,10-11,14-15,17-18,20,22H,3,5-6,8-9,12-13,16,19H2,1-2H3/b7-4+. The van der Waals surface area contributed by atoms with Crippen LogP contribution in [0.4, 0.5) is 8.78 Å². The van der Waals surface area contributed by atoms with Crippen molar-refractivity contribution in [3.8, 4) is 11.1 Å². The Morgan fingerprint density at radius 2 is 1.63 bits per heavy atom. The molecule has 0 saturated heterocycles. The molecule has 0 aromatic heterocycles. The summed E-state index contributed by atoms with van der Waals surface area (Å²) in [6.07, 6.45) is 11.9. The van der Waals surface area contributed by atoms with Gasteiger partial charge in [0, 0.05) is 6.61 Å². The zero-order chi connectivity index (χ0) is 21.3. The summed E-state index contributed by atoms with van der Waals surface area (Å²) in [4.78, 5) is 0. The maximum atomic E-state index is 14.9. The molecule has 1 nitrogen and oxygen atoms in total. The Hall–Kier alpha value is -2.00. The average Bonchev–Trinajstić information content (AvgIpc) is 2.75. The molecule has 0 aliphatic heterocycles. The molecule has 1 saturated carbocycles. The van der Waals surface area contributed by atoms with E-state index in [9.17, 15) is 8.78 Å². The van der Waals surface area contributed by atoms with Gasteiger partial charge < -0.3 is 4.74 Å². The van der Waals surface area contributed by atoms with E-state index < -0.39 is 11.6 Å². The minimum atomic E-state index is -0.468. The summed E-state index contributed by atoms with van der Waals surface area (Å²) in [7, 11) is 0. The predicted molar refractivity (Wildman–Crippen MR) is 120 cm³/mol. The zero-order valence-corrected chi connectivity index (χ0v) is 18.3. The third kappa shape index (κ3) is 6.01. The van der Waals surface area contributed by atoms with Gasteiger partial charge in [-0.1, -0.05) is 56.2 Å².